The monoisotopic (exact) mass is 315 g/mol. The zero-order valence-corrected chi connectivity index (χ0v) is 13.8. The van der Waals surface area contributed by atoms with Crippen LogP contribution in [-0.2, 0) is 9.47 Å². The van der Waals surface area contributed by atoms with Crippen molar-refractivity contribution in [3.05, 3.63) is 12.2 Å². The van der Waals surface area contributed by atoms with E-state index in [2.05, 4.69) is 18.4 Å². The van der Waals surface area contributed by atoms with Gasteiger partial charge in [-0.3, -0.25) is 4.90 Å². The average molecular weight is 316 g/mol. The molecule has 0 unspecified atom stereocenters. The Kier molecular flexibility index (Phi) is 4.13. The highest BCUT2D eigenvalue weighted by Gasteiger charge is 2.60. The summed E-state index contributed by atoms with van der Waals surface area (Å²) in [7, 11) is 0. The molecular weight excluding hydrogens is 290 g/mol. The van der Waals surface area contributed by atoms with Gasteiger partial charge in [0.25, 0.3) is 0 Å². The number of nitrogens with zero attached hydrogens (tertiary/aromatic N) is 1. The third-order valence-electron chi connectivity index (χ3n) is 4.97. The van der Waals surface area contributed by atoms with Gasteiger partial charge in [0.2, 0.25) is 0 Å². The predicted molar refractivity (Wildman–Crippen MR) is 82.4 cm³/mol. The van der Waals surface area contributed by atoms with E-state index in [0.29, 0.717) is 0 Å². The van der Waals surface area contributed by atoms with Gasteiger partial charge in [0, 0.05) is 18.5 Å². The third-order valence-corrected chi connectivity index (χ3v) is 5.49. The summed E-state index contributed by atoms with van der Waals surface area (Å²) in [4.78, 5) is 2.32. The standard InChI is InChI=1S/C16H26ClNO3/c1-5-6-7-18-8-9(2)10-11(17)14-15(13(19)12(10)18)21-16(3,4)20-14/h10-15,19H,2,5-8H2,1,3-4H3/t10-,11+,12-,13+,14+,15-/m0/s1. The van der Waals surface area contributed by atoms with Crippen LogP contribution in [0.5, 0.6) is 0 Å². The van der Waals surface area contributed by atoms with Crippen LogP contribution in [-0.4, -0.2) is 58.6 Å². The van der Waals surface area contributed by atoms with Crippen LogP contribution in [0.15, 0.2) is 12.2 Å². The van der Waals surface area contributed by atoms with E-state index in [9.17, 15) is 5.11 Å². The molecule has 1 saturated carbocycles. The maximum Gasteiger partial charge on any atom is 0.163 e. The van der Waals surface area contributed by atoms with Crippen molar-refractivity contribution < 1.29 is 14.6 Å². The van der Waals surface area contributed by atoms with Crippen LogP contribution in [0.2, 0.25) is 0 Å². The maximum absolute atomic E-state index is 10.8. The summed E-state index contributed by atoms with van der Waals surface area (Å²) in [6.45, 7) is 11.9. The molecule has 3 fully saturated rings. The van der Waals surface area contributed by atoms with Crippen LogP contribution in [0.25, 0.3) is 0 Å². The minimum atomic E-state index is -0.683. The van der Waals surface area contributed by atoms with E-state index in [4.69, 9.17) is 21.1 Å². The van der Waals surface area contributed by atoms with Crippen LogP contribution in [0, 0.1) is 5.92 Å². The number of rotatable bonds is 3. The predicted octanol–water partition coefficient (Wildman–Crippen LogP) is 2.15. The summed E-state index contributed by atoms with van der Waals surface area (Å²) >= 11 is 6.70. The molecule has 2 heterocycles. The minimum Gasteiger partial charge on any atom is -0.389 e. The SMILES string of the molecule is C=C1CN(CCCC)[C@@H]2[C@@H](O)[C@@H]3OC(C)(C)O[C@@H]3[C@H](Cl)[C@H]12. The molecule has 1 N–H and O–H groups in total. The van der Waals surface area contributed by atoms with Crippen molar-refractivity contribution in [2.24, 2.45) is 5.92 Å². The van der Waals surface area contributed by atoms with E-state index in [1.54, 1.807) is 0 Å². The molecule has 0 bridgehead atoms. The molecule has 0 radical (unpaired) electrons. The largest absolute Gasteiger partial charge is 0.389 e. The Morgan fingerprint density at radius 1 is 1.38 bits per heavy atom. The topological polar surface area (TPSA) is 41.9 Å². The Morgan fingerprint density at radius 3 is 2.71 bits per heavy atom. The van der Waals surface area contributed by atoms with Crippen molar-refractivity contribution >= 4 is 11.6 Å². The number of likely N-dealkylation sites (tertiary alicyclic amines) is 1. The Labute approximate surface area is 132 Å². The molecule has 0 amide bonds. The van der Waals surface area contributed by atoms with Crippen LogP contribution in [0.1, 0.15) is 33.6 Å². The fourth-order valence-corrected chi connectivity index (χ4v) is 4.62. The first-order valence-electron chi connectivity index (χ1n) is 7.95. The number of aliphatic hydroxyl groups is 1. The van der Waals surface area contributed by atoms with Crippen LogP contribution >= 0.6 is 11.6 Å². The molecule has 120 valence electrons. The Hall–Kier alpha value is -0.130. The van der Waals surface area contributed by atoms with Gasteiger partial charge in [0.15, 0.2) is 5.79 Å². The fourth-order valence-electron chi connectivity index (χ4n) is 4.10. The summed E-state index contributed by atoms with van der Waals surface area (Å²) < 4.78 is 11.9. The minimum absolute atomic E-state index is 0.00491. The highest BCUT2D eigenvalue weighted by atomic mass is 35.5. The van der Waals surface area contributed by atoms with Crippen molar-refractivity contribution in [3.8, 4) is 0 Å². The zero-order chi connectivity index (χ0) is 15.4. The molecule has 21 heavy (non-hydrogen) atoms. The van der Waals surface area contributed by atoms with Crippen molar-refractivity contribution in [2.45, 2.75) is 69.1 Å². The molecular formula is C16H26ClNO3. The lowest BCUT2D eigenvalue weighted by Crippen LogP contribution is -2.60. The van der Waals surface area contributed by atoms with Gasteiger partial charge in [-0.2, -0.15) is 0 Å². The Bertz CT molecular complexity index is 428. The number of hydrogen-bond donors (Lipinski definition) is 1. The first-order valence-corrected chi connectivity index (χ1v) is 8.39. The number of aliphatic hydroxyl groups excluding tert-OH is 1. The summed E-state index contributed by atoms with van der Waals surface area (Å²) in [6, 6.07) is 0.00491. The molecule has 0 aromatic carbocycles. The first-order chi connectivity index (χ1) is 9.85. The van der Waals surface area contributed by atoms with Gasteiger partial charge in [0.05, 0.1) is 11.5 Å². The molecule has 5 heteroatoms. The average Bonchev–Trinajstić information content (AvgIpc) is 2.91. The second kappa shape index (κ2) is 5.50. The number of alkyl halides is 1. The van der Waals surface area contributed by atoms with Gasteiger partial charge < -0.3 is 14.6 Å². The smallest absolute Gasteiger partial charge is 0.163 e. The molecule has 1 aliphatic carbocycles. The summed E-state index contributed by atoms with van der Waals surface area (Å²) in [6.07, 6.45) is 1.07. The summed E-state index contributed by atoms with van der Waals surface area (Å²) in [5.41, 5.74) is 1.11. The number of unbranched alkanes of at least 4 members (excludes halogenated alkanes) is 1. The Morgan fingerprint density at radius 2 is 2.05 bits per heavy atom. The second-order valence-electron chi connectivity index (χ2n) is 7.00. The number of halogens is 1. The molecule has 2 aliphatic heterocycles. The van der Waals surface area contributed by atoms with Crippen molar-refractivity contribution in [3.63, 3.8) is 0 Å². The zero-order valence-electron chi connectivity index (χ0n) is 13.1. The van der Waals surface area contributed by atoms with Crippen molar-refractivity contribution in [1.82, 2.24) is 4.90 Å². The quantitative estimate of drug-likeness (QED) is 0.640. The van der Waals surface area contributed by atoms with E-state index < -0.39 is 11.9 Å². The Balaban J connectivity index is 1.85. The van der Waals surface area contributed by atoms with E-state index >= 15 is 0 Å². The number of fused-ring (bicyclic) bond motifs is 2. The highest BCUT2D eigenvalue weighted by Crippen LogP contribution is 2.48. The molecule has 4 nitrogen and oxygen atoms in total. The molecule has 3 rings (SSSR count). The van der Waals surface area contributed by atoms with Crippen molar-refractivity contribution in [1.29, 1.82) is 0 Å². The maximum atomic E-state index is 10.8. The molecule has 0 aromatic heterocycles. The lowest BCUT2D eigenvalue weighted by molar-refractivity contribution is -0.156. The highest BCUT2D eigenvalue weighted by molar-refractivity contribution is 6.21. The normalized spacial score (nSPS) is 45.7. The summed E-state index contributed by atoms with van der Waals surface area (Å²) in [5.74, 6) is -0.602. The van der Waals surface area contributed by atoms with Crippen LogP contribution in [0.4, 0.5) is 0 Å². The van der Waals surface area contributed by atoms with E-state index in [1.807, 2.05) is 13.8 Å². The lowest BCUT2D eigenvalue weighted by Gasteiger charge is -2.43. The van der Waals surface area contributed by atoms with E-state index in [0.717, 1.165) is 31.5 Å². The molecule has 2 saturated heterocycles. The van der Waals surface area contributed by atoms with Crippen LogP contribution < -0.4 is 0 Å². The molecule has 3 aliphatic rings. The van der Waals surface area contributed by atoms with Crippen molar-refractivity contribution in [2.75, 3.05) is 13.1 Å². The summed E-state index contributed by atoms with van der Waals surface area (Å²) in [5, 5.41) is 10.7. The number of hydrogen-bond acceptors (Lipinski definition) is 4. The lowest BCUT2D eigenvalue weighted by atomic mass is 9.77. The van der Waals surface area contributed by atoms with Gasteiger partial charge in [-0.15, -0.1) is 11.6 Å². The van der Waals surface area contributed by atoms with Gasteiger partial charge >= 0.3 is 0 Å². The van der Waals surface area contributed by atoms with Crippen LogP contribution in [0.3, 0.4) is 0 Å². The van der Waals surface area contributed by atoms with Gasteiger partial charge in [-0.05, 0) is 26.8 Å². The van der Waals surface area contributed by atoms with Gasteiger partial charge in [-0.1, -0.05) is 25.5 Å². The fraction of sp³-hybridized carbons (Fsp3) is 0.875. The van der Waals surface area contributed by atoms with Gasteiger partial charge in [0.1, 0.15) is 12.2 Å². The molecule has 0 spiro atoms. The first kappa shape index (κ1) is 15.8. The second-order valence-corrected chi connectivity index (χ2v) is 7.50. The third kappa shape index (κ3) is 2.55. The molecule has 0 aromatic rings. The number of ether oxygens (including phenoxy) is 2. The molecule has 6 atom stereocenters. The van der Waals surface area contributed by atoms with Gasteiger partial charge in [-0.25, -0.2) is 0 Å². The van der Waals surface area contributed by atoms with E-state index in [-0.39, 0.29) is 29.5 Å². The van der Waals surface area contributed by atoms with E-state index in [1.165, 1.54) is 0 Å².